The van der Waals surface area contributed by atoms with Gasteiger partial charge >= 0.3 is 0 Å². The predicted molar refractivity (Wildman–Crippen MR) is 58.1 cm³/mol. The van der Waals surface area contributed by atoms with Gasteiger partial charge in [0.05, 0.1) is 6.61 Å². The lowest BCUT2D eigenvalue weighted by Gasteiger charge is -2.02. The van der Waals surface area contributed by atoms with Crippen molar-refractivity contribution < 1.29 is 4.74 Å². The number of ether oxygens (including phenoxy) is 1. The number of hydrogen-bond acceptors (Lipinski definition) is 3. The third kappa shape index (κ3) is 4.20. The lowest BCUT2D eigenvalue weighted by molar-refractivity contribution is 0.164. The molecule has 72 valence electrons. The molecular formula is C10H15NOS. The Labute approximate surface area is 83.5 Å². The van der Waals surface area contributed by atoms with Crippen LogP contribution in [0, 0.1) is 0 Å². The summed E-state index contributed by atoms with van der Waals surface area (Å²) < 4.78 is 5.23. The second kappa shape index (κ2) is 5.89. The minimum Gasteiger partial charge on any atom is -0.399 e. The molecule has 0 aliphatic carbocycles. The molecule has 0 aromatic heterocycles. The summed E-state index contributed by atoms with van der Waals surface area (Å²) >= 11 is 1.77. The molecule has 1 rings (SSSR count). The average Bonchev–Trinajstić information content (AvgIpc) is 2.13. The van der Waals surface area contributed by atoms with Crippen LogP contribution in [0.2, 0.25) is 0 Å². The van der Waals surface area contributed by atoms with Crippen LogP contribution in [0.5, 0.6) is 0 Å². The van der Waals surface area contributed by atoms with E-state index in [4.69, 9.17) is 10.5 Å². The third-order valence-electron chi connectivity index (χ3n) is 1.56. The van der Waals surface area contributed by atoms with Gasteiger partial charge in [-0.05, 0) is 25.1 Å². The average molecular weight is 197 g/mol. The van der Waals surface area contributed by atoms with Crippen molar-refractivity contribution in [3.05, 3.63) is 24.3 Å². The zero-order valence-corrected chi connectivity index (χ0v) is 8.64. The van der Waals surface area contributed by atoms with Crippen molar-refractivity contribution in [3.63, 3.8) is 0 Å². The van der Waals surface area contributed by atoms with E-state index in [1.54, 1.807) is 11.8 Å². The van der Waals surface area contributed by atoms with Gasteiger partial charge in [-0.15, -0.1) is 11.8 Å². The van der Waals surface area contributed by atoms with Gasteiger partial charge in [0.1, 0.15) is 0 Å². The number of benzene rings is 1. The van der Waals surface area contributed by atoms with Crippen LogP contribution in [-0.4, -0.2) is 19.0 Å². The van der Waals surface area contributed by atoms with Crippen LogP contribution in [0.1, 0.15) is 6.92 Å². The molecule has 1 aromatic carbocycles. The van der Waals surface area contributed by atoms with Crippen molar-refractivity contribution in [2.24, 2.45) is 0 Å². The number of thioether (sulfide) groups is 1. The van der Waals surface area contributed by atoms with Crippen molar-refractivity contribution in [1.29, 1.82) is 0 Å². The van der Waals surface area contributed by atoms with Gasteiger partial charge in [0, 0.05) is 22.9 Å². The van der Waals surface area contributed by atoms with Gasteiger partial charge in [0.2, 0.25) is 0 Å². The van der Waals surface area contributed by atoms with E-state index < -0.39 is 0 Å². The SMILES string of the molecule is CCOCCSc1cccc(N)c1. The standard InChI is InChI=1S/C10H15NOS/c1-2-12-6-7-13-10-5-3-4-9(11)8-10/h3-5,8H,2,6-7,11H2,1H3. The van der Waals surface area contributed by atoms with Gasteiger partial charge in [-0.2, -0.15) is 0 Å². The van der Waals surface area contributed by atoms with Crippen LogP contribution >= 0.6 is 11.8 Å². The molecule has 0 saturated heterocycles. The Hall–Kier alpha value is -0.670. The van der Waals surface area contributed by atoms with E-state index in [0.717, 1.165) is 24.7 Å². The van der Waals surface area contributed by atoms with Crippen LogP contribution in [0.3, 0.4) is 0 Å². The molecule has 2 N–H and O–H groups in total. The second-order valence-corrected chi connectivity index (χ2v) is 3.79. The first-order valence-corrected chi connectivity index (χ1v) is 5.37. The van der Waals surface area contributed by atoms with E-state index in [1.807, 2.05) is 25.1 Å². The molecule has 0 radical (unpaired) electrons. The zero-order chi connectivity index (χ0) is 9.52. The summed E-state index contributed by atoms with van der Waals surface area (Å²) in [7, 11) is 0. The first-order chi connectivity index (χ1) is 6.33. The highest BCUT2D eigenvalue weighted by Crippen LogP contribution is 2.19. The maximum Gasteiger partial charge on any atom is 0.0560 e. The van der Waals surface area contributed by atoms with Gasteiger partial charge < -0.3 is 10.5 Å². The lowest BCUT2D eigenvalue weighted by atomic mass is 10.3. The Balaban J connectivity index is 2.28. The van der Waals surface area contributed by atoms with E-state index in [0.29, 0.717) is 0 Å². The van der Waals surface area contributed by atoms with E-state index in [1.165, 1.54) is 4.90 Å². The van der Waals surface area contributed by atoms with E-state index in [9.17, 15) is 0 Å². The summed E-state index contributed by atoms with van der Waals surface area (Å²) in [5.74, 6) is 0.983. The minimum absolute atomic E-state index is 0.789. The van der Waals surface area contributed by atoms with E-state index in [2.05, 4.69) is 6.07 Å². The summed E-state index contributed by atoms with van der Waals surface area (Å²) in [6, 6.07) is 7.91. The number of anilines is 1. The normalized spacial score (nSPS) is 10.2. The summed E-state index contributed by atoms with van der Waals surface area (Å²) in [5, 5.41) is 0. The fourth-order valence-electron chi connectivity index (χ4n) is 0.967. The summed E-state index contributed by atoms with van der Waals surface area (Å²) in [4.78, 5) is 1.21. The topological polar surface area (TPSA) is 35.2 Å². The Kier molecular flexibility index (Phi) is 4.72. The smallest absolute Gasteiger partial charge is 0.0560 e. The highest BCUT2D eigenvalue weighted by molar-refractivity contribution is 7.99. The fourth-order valence-corrected chi connectivity index (χ4v) is 1.80. The van der Waals surface area contributed by atoms with Crippen LogP contribution in [-0.2, 0) is 4.74 Å². The van der Waals surface area contributed by atoms with Gasteiger partial charge in [-0.3, -0.25) is 0 Å². The van der Waals surface area contributed by atoms with Gasteiger partial charge in [-0.25, -0.2) is 0 Å². The molecule has 1 aromatic rings. The highest BCUT2D eigenvalue weighted by Gasteiger charge is 1.93. The molecule has 0 aliphatic rings. The molecule has 13 heavy (non-hydrogen) atoms. The molecule has 0 saturated carbocycles. The van der Waals surface area contributed by atoms with Gasteiger partial charge in [0.25, 0.3) is 0 Å². The number of rotatable bonds is 5. The number of hydrogen-bond donors (Lipinski definition) is 1. The predicted octanol–water partition coefficient (Wildman–Crippen LogP) is 2.40. The van der Waals surface area contributed by atoms with Crippen LogP contribution < -0.4 is 5.73 Å². The van der Waals surface area contributed by atoms with Crippen LogP contribution in [0.25, 0.3) is 0 Å². The highest BCUT2D eigenvalue weighted by atomic mass is 32.2. The number of nitrogen functional groups attached to an aromatic ring is 1. The Morgan fingerprint density at radius 3 is 3.00 bits per heavy atom. The molecule has 0 heterocycles. The maximum atomic E-state index is 5.64. The van der Waals surface area contributed by atoms with Crippen molar-refractivity contribution in [3.8, 4) is 0 Å². The Morgan fingerprint density at radius 1 is 1.46 bits per heavy atom. The third-order valence-corrected chi connectivity index (χ3v) is 2.52. The summed E-state index contributed by atoms with van der Waals surface area (Å²) in [5.41, 5.74) is 6.47. The van der Waals surface area contributed by atoms with Crippen molar-refractivity contribution in [1.82, 2.24) is 0 Å². The second-order valence-electron chi connectivity index (χ2n) is 2.62. The van der Waals surface area contributed by atoms with Gasteiger partial charge in [-0.1, -0.05) is 6.07 Å². The molecule has 0 bridgehead atoms. The molecule has 0 aliphatic heterocycles. The summed E-state index contributed by atoms with van der Waals surface area (Å²) in [6.45, 7) is 3.60. The van der Waals surface area contributed by atoms with E-state index >= 15 is 0 Å². The molecule has 0 unspecified atom stereocenters. The fraction of sp³-hybridized carbons (Fsp3) is 0.400. The van der Waals surface area contributed by atoms with Crippen molar-refractivity contribution >= 4 is 17.4 Å². The molecule has 2 nitrogen and oxygen atoms in total. The Morgan fingerprint density at radius 2 is 2.31 bits per heavy atom. The summed E-state index contributed by atoms with van der Waals surface area (Å²) in [6.07, 6.45) is 0. The quantitative estimate of drug-likeness (QED) is 0.447. The van der Waals surface area contributed by atoms with Crippen LogP contribution in [0.4, 0.5) is 5.69 Å². The van der Waals surface area contributed by atoms with Crippen LogP contribution in [0.15, 0.2) is 29.2 Å². The lowest BCUT2D eigenvalue weighted by Crippen LogP contribution is -1.95. The Bertz CT molecular complexity index is 252. The largest absolute Gasteiger partial charge is 0.399 e. The first kappa shape index (κ1) is 10.4. The molecular weight excluding hydrogens is 182 g/mol. The molecule has 0 amide bonds. The van der Waals surface area contributed by atoms with Crippen molar-refractivity contribution in [2.75, 3.05) is 24.7 Å². The van der Waals surface area contributed by atoms with E-state index in [-0.39, 0.29) is 0 Å². The zero-order valence-electron chi connectivity index (χ0n) is 7.82. The van der Waals surface area contributed by atoms with Gasteiger partial charge in [0.15, 0.2) is 0 Å². The molecule has 0 atom stereocenters. The maximum absolute atomic E-state index is 5.64. The minimum atomic E-state index is 0.789. The monoisotopic (exact) mass is 197 g/mol. The number of nitrogens with two attached hydrogens (primary N) is 1. The molecule has 0 spiro atoms. The molecule has 0 fully saturated rings. The first-order valence-electron chi connectivity index (χ1n) is 4.39. The van der Waals surface area contributed by atoms with Crippen molar-refractivity contribution in [2.45, 2.75) is 11.8 Å². The molecule has 3 heteroatoms.